The van der Waals surface area contributed by atoms with Crippen molar-refractivity contribution in [3.8, 4) is 5.75 Å². The van der Waals surface area contributed by atoms with Crippen LogP contribution in [0.3, 0.4) is 0 Å². The molecule has 29 heavy (non-hydrogen) atoms. The molecule has 0 amide bonds. The number of hydrogen-bond acceptors (Lipinski definition) is 4. The summed E-state index contributed by atoms with van der Waals surface area (Å²) in [4.78, 5) is 16.5. The SMILES string of the molecule is Cc1cccc(C2=N/C(=C\c3ccc(OCc4ccc(F)cc4)cc3)C(=O)O2)c1. The second-order valence-electron chi connectivity index (χ2n) is 6.69. The largest absolute Gasteiger partial charge is 0.489 e. The number of aliphatic imine (C=N–C) groups is 1. The molecule has 0 bridgehead atoms. The van der Waals surface area contributed by atoms with Crippen molar-refractivity contribution >= 4 is 17.9 Å². The fourth-order valence-electron chi connectivity index (χ4n) is 2.88. The van der Waals surface area contributed by atoms with Crippen LogP contribution in [-0.4, -0.2) is 11.9 Å². The van der Waals surface area contributed by atoms with Crippen molar-refractivity contribution in [3.05, 3.63) is 107 Å². The predicted molar refractivity (Wildman–Crippen MR) is 109 cm³/mol. The van der Waals surface area contributed by atoms with Gasteiger partial charge in [-0.15, -0.1) is 0 Å². The number of hydrogen-bond donors (Lipinski definition) is 0. The fourth-order valence-corrected chi connectivity index (χ4v) is 2.88. The Hall–Kier alpha value is -3.73. The number of ether oxygens (including phenoxy) is 2. The van der Waals surface area contributed by atoms with Gasteiger partial charge in [-0.05, 0) is 60.5 Å². The Balaban J connectivity index is 1.45. The van der Waals surface area contributed by atoms with Crippen LogP contribution >= 0.6 is 0 Å². The van der Waals surface area contributed by atoms with Crippen molar-refractivity contribution in [1.29, 1.82) is 0 Å². The van der Waals surface area contributed by atoms with Crippen LogP contribution in [0.25, 0.3) is 6.08 Å². The lowest BCUT2D eigenvalue weighted by Crippen LogP contribution is -2.05. The normalized spacial score (nSPS) is 14.6. The molecule has 3 aromatic rings. The van der Waals surface area contributed by atoms with Gasteiger partial charge in [-0.1, -0.05) is 42.0 Å². The average molecular weight is 387 g/mol. The van der Waals surface area contributed by atoms with Crippen molar-refractivity contribution in [2.24, 2.45) is 4.99 Å². The van der Waals surface area contributed by atoms with E-state index in [1.165, 1.54) is 12.1 Å². The van der Waals surface area contributed by atoms with Crippen LogP contribution in [0.5, 0.6) is 5.75 Å². The average Bonchev–Trinajstić information content (AvgIpc) is 3.09. The summed E-state index contributed by atoms with van der Waals surface area (Å²) in [5.41, 5.74) is 3.77. The van der Waals surface area contributed by atoms with E-state index in [4.69, 9.17) is 9.47 Å². The summed E-state index contributed by atoms with van der Waals surface area (Å²) in [5, 5.41) is 0. The quantitative estimate of drug-likeness (QED) is 0.454. The molecule has 0 aliphatic carbocycles. The van der Waals surface area contributed by atoms with Gasteiger partial charge in [0.25, 0.3) is 0 Å². The van der Waals surface area contributed by atoms with Gasteiger partial charge in [0.2, 0.25) is 5.90 Å². The summed E-state index contributed by atoms with van der Waals surface area (Å²) in [6.07, 6.45) is 1.68. The van der Waals surface area contributed by atoms with E-state index in [2.05, 4.69) is 4.99 Å². The molecule has 0 aromatic heterocycles. The first-order chi connectivity index (χ1) is 14.1. The van der Waals surface area contributed by atoms with Gasteiger partial charge >= 0.3 is 5.97 Å². The topological polar surface area (TPSA) is 47.9 Å². The maximum absolute atomic E-state index is 12.9. The summed E-state index contributed by atoms with van der Waals surface area (Å²) in [6.45, 7) is 2.31. The molecule has 1 heterocycles. The summed E-state index contributed by atoms with van der Waals surface area (Å²) in [5.74, 6) is 0.238. The third-order valence-electron chi connectivity index (χ3n) is 4.39. The lowest BCUT2D eigenvalue weighted by molar-refractivity contribution is -0.129. The third-order valence-corrected chi connectivity index (χ3v) is 4.39. The second kappa shape index (κ2) is 8.10. The molecular weight excluding hydrogens is 369 g/mol. The number of esters is 1. The van der Waals surface area contributed by atoms with Crippen molar-refractivity contribution in [2.45, 2.75) is 13.5 Å². The highest BCUT2D eigenvalue weighted by atomic mass is 19.1. The first-order valence-corrected chi connectivity index (χ1v) is 9.14. The maximum atomic E-state index is 12.9. The molecule has 1 aliphatic heterocycles. The summed E-state index contributed by atoms with van der Waals surface area (Å²) in [6, 6.07) is 21.1. The molecule has 0 saturated heterocycles. The van der Waals surface area contributed by atoms with Crippen molar-refractivity contribution in [1.82, 2.24) is 0 Å². The van der Waals surface area contributed by atoms with Crippen LogP contribution in [-0.2, 0) is 16.1 Å². The van der Waals surface area contributed by atoms with E-state index in [-0.39, 0.29) is 11.5 Å². The van der Waals surface area contributed by atoms with Crippen LogP contribution < -0.4 is 4.74 Å². The van der Waals surface area contributed by atoms with Gasteiger partial charge in [-0.3, -0.25) is 0 Å². The van der Waals surface area contributed by atoms with Crippen molar-refractivity contribution in [3.63, 3.8) is 0 Å². The second-order valence-corrected chi connectivity index (χ2v) is 6.69. The van der Waals surface area contributed by atoms with E-state index >= 15 is 0 Å². The molecule has 144 valence electrons. The standard InChI is InChI=1S/C24H18FNO3/c1-16-3-2-4-19(13-16)23-26-22(24(27)29-23)14-17-7-11-21(12-8-17)28-15-18-5-9-20(25)10-6-18/h2-14H,15H2,1H3/b22-14-. The number of nitrogens with zero attached hydrogens (tertiary/aromatic N) is 1. The van der Waals surface area contributed by atoms with Gasteiger partial charge < -0.3 is 9.47 Å². The zero-order chi connectivity index (χ0) is 20.2. The van der Waals surface area contributed by atoms with Crippen LogP contribution in [0.2, 0.25) is 0 Å². The Morgan fingerprint density at radius 3 is 2.52 bits per heavy atom. The Labute approximate surface area is 167 Å². The van der Waals surface area contributed by atoms with E-state index in [1.54, 1.807) is 30.3 Å². The molecule has 1 aliphatic rings. The molecule has 5 heteroatoms. The highest BCUT2D eigenvalue weighted by Gasteiger charge is 2.24. The predicted octanol–water partition coefficient (Wildman–Crippen LogP) is 5.06. The van der Waals surface area contributed by atoms with E-state index in [9.17, 15) is 9.18 Å². The van der Waals surface area contributed by atoms with Gasteiger partial charge in [-0.2, -0.15) is 0 Å². The van der Waals surface area contributed by atoms with Gasteiger partial charge in [0, 0.05) is 5.56 Å². The summed E-state index contributed by atoms with van der Waals surface area (Å²) < 4.78 is 23.9. The molecule has 0 spiro atoms. The van der Waals surface area contributed by atoms with E-state index < -0.39 is 5.97 Å². The number of halogens is 1. The first kappa shape index (κ1) is 18.6. The lowest BCUT2D eigenvalue weighted by atomic mass is 10.1. The van der Waals surface area contributed by atoms with Gasteiger partial charge in [0.05, 0.1) is 0 Å². The smallest absolute Gasteiger partial charge is 0.363 e. The number of benzene rings is 3. The van der Waals surface area contributed by atoms with Crippen LogP contribution in [0.15, 0.2) is 83.5 Å². The molecular formula is C24H18FNO3. The van der Waals surface area contributed by atoms with Crippen LogP contribution in [0.4, 0.5) is 4.39 Å². The van der Waals surface area contributed by atoms with Crippen LogP contribution in [0.1, 0.15) is 22.3 Å². The Morgan fingerprint density at radius 2 is 1.79 bits per heavy atom. The molecule has 0 unspecified atom stereocenters. The van der Waals surface area contributed by atoms with E-state index in [1.807, 2.05) is 43.3 Å². The minimum atomic E-state index is -0.474. The van der Waals surface area contributed by atoms with Gasteiger partial charge in [-0.25, -0.2) is 14.2 Å². The first-order valence-electron chi connectivity index (χ1n) is 9.14. The number of cyclic esters (lactones) is 1. The van der Waals surface area contributed by atoms with Gasteiger partial charge in [0.15, 0.2) is 5.70 Å². The zero-order valence-electron chi connectivity index (χ0n) is 15.8. The minimum Gasteiger partial charge on any atom is -0.489 e. The Morgan fingerprint density at radius 1 is 1.03 bits per heavy atom. The van der Waals surface area contributed by atoms with E-state index in [0.717, 1.165) is 22.3 Å². The highest BCUT2D eigenvalue weighted by molar-refractivity contribution is 6.12. The van der Waals surface area contributed by atoms with Crippen molar-refractivity contribution < 1.29 is 18.7 Å². The number of carbonyl (C=O) groups excluding carboxylic acids is 1. The monoisotopic (exact) mass is 387 g/mol. The van der Waals surface area contributed by atoms with Gasteiger partial charge in [0.1, 0.15) is 18.2 Å². The lowest BCUT2D eigenvalue weighted by Gasteiger charge is -2.06. The molecule has 4 nitrogen and oxygen atoms in total. The minimum absolute atomic E-state index is 0.251. The van der Waals surface area contributed by atoms with E-state index in [0.29, 0.717) is 18.3 Å². The molecule has 0 fully saturated rings. The number of aryl methyl sites for hydroxylation is 1. The molecule has 0 atom stereocenters. The Kier molecular flexibility index (Phi) is 5.20. The third kappa shape index (κ3) is 4.58. The zero-order valence-corrected chi connectivity index (χ0v) is 15.8. The molecule has 3 aromatic carbocycles. The highest BCUT2D eigenvalue weighted by Crippen LogP contribution is 2.21. The number of carbonyl (C=O) groups is 1. The summed E-state index contributed by atoms with van der Waals surface area (Å²) in [7, 11) is 0. The Bertz CT molecular complexity index is 1100. The molecule has 0 radical (unpaired) electrons. The van der Waals surface area contributed by atoms with Crippen LogP contribution in [0, 0.1) is 12.7 Å². The summed E-state index contributed by atoms with van der Waals surface area (Å²) >= 11 is 0. The molecule has 4 rings (SSSR count). The molecule has 0 saturated carbocycles. The molecule has 0 N–H and O–H groups in total. The maximum Gasteiger partial charge on any atom is 0.363 e. The fraction of sp³-hybridized carbons (Fsp3) is 0.0833. The van der Waals surface area contributed by atoms with Crippen molar-refractivity contribution in [2.75, 3.05) is 0 Å². The number of rotatable bonds is 5.